The lowest BCUT2D eigenvalue weighted by atomic mass is 9.95. The number of hydrogen-bond donors (Lipinski definition) is 3. The van der Waals surface area contributed by atoms with Crippen LogP contribution in [0.5, 0.6) is 0 Å². The minimum absolute atomic E-state index is 0.0251. The van der Waals surface area contributed by atoms with Crippen molar-refractivity contribution in [1.82, 2.24) is 0 Å². The lowest BCUT2D eigenvalue weighted by Crippen LogP contribution is -2.37. The molecule has 0 aliphatic carbocycles. The van der Waals surface area contributed by atoms with Crippen LogP contribution in [0.1, 0.15) is 136 Å². The second-order valence-corrected chi connectivity index (χ2v) is 10.5. The first kappa shape index (κ1) is 31.8. The van der Waals surface area contributed by atoms with Gasteiger partial charge in [-0.25, -0.2) is 0 Å². The molecule has 5 atom stereocenters. The number of aliphatic hydroxyl groups is 3. The van der Waals surface area contributed by atoms with Gasteiger partial charge in [-0.3, -0.25) is 9.59 Å². The fourth-order valence-corrected chi connectivity index (χ4v) is 4.96. The van der Waals surface area contributed by atoms with E-state index in [2.05, 4.69) is 6.92 Å². The van der Waals surface area contributed by atoms with Crippen molar-refractivity contribution in [3.8, 4) is 0 Å². The van der Waals surface area contributed by atoms with Crippen molar-refractivity contribution in [3.05, 3.63) is 0 Å². The summed E-state index contributed by atoms with van der Waals surface area (Å²) in [5, 5.41) is 30.5. The fourth-order valence-electron chi connectivity index (χ4n) is 4.96. The summed E-state index contributed by atoms with van der Waals surface area (Å²) < 4.78 is 10.5. The van der Waals surface area contributed by atoms with Crippen molar-refractivity contribution < 1.29 is 34.4 Å². The number of unbranched alkanes of at least 4 members (excludes halogenated alkanes) is 12. The minimum atomic E-state index is -0.819. The molecule has 0 radical (unpaired) electrons. The van der Waals surface area contributed by atoms with E-state index in [9.17, 15) is 24.9 Å². The first-order valence-corrected chi connectivity index (χ1v) is 14.2. The van der Waals surface area contributed by atoms with Crippen molar-refractivity contribution in [2.45, 2.75) is 166 Å². The SMILES string of the molecule is CCCCCCCCCCCCCCC[C@H](O)C[C@H](O)C[C@H](C[C@@H]1C[C@H](O)CC(=O)O1)OC(C)=O. The van der Waals surface area contributed by atoms with Gasteiger partial charge in [0.15, 0.2) is 0 Å². The van der Waals surface area contributed by atoms with Crippen molar-refractivity contribution in [2.24, 2.45) is 0 Å². The van der Waals surface area contributed by atoms with E-state index in [0.717, 1.165) is 12.8 Å². The number of cyclic esters (lactones) is 1. The summed E-state index contributed by atoms with van der Waals surface area (Å²) in [6.07, 6.45) is 14.8. The molecule has 0 aromatic carbocycles. The number of carbonyl (C=O) groups excluding carboxylic acids is 2. The average molecular weight is 501 g/mol. The van der Waals surface area contributed by atoms with Gasteiger partial charge < -0.3 is 24.8 Å². The Morgan fingerprint density at radius 3 is 1.97 bits per heavy atom. The Bertz CT molecular complexity index is 553. The van der Waals surface area contributed by atoms with Gasteiger partial charge in [-0.1, -0.05) is 90.4 Å². The molecule has 7 nitrogen and oxygen atoms in total. The van der Waals surface area contributed by atoms with Gasteiger partial charge in [0.25, 0.3) is 0 Å². The monoisotopic (exact) mass is 500 g/mol. The molecule has 1 saturated heterocycles. The predicted molar refractivity (Wildman–Crippen MR) is 137 cm³/mol. The summed E-state index contributed by atoms with van der Waals surface area (Å²) in [6, 6.07) is 0. The molecule has 0 aromatic rings. The van der Waals surface area contributed by atoms with E-state index in [4.69, 9.17) is 9.47 Å². The zero-order valence-electron chi connectivity index (χ0n) is 22.3. The zero-order valence-corrected chi connectivity index (χ0v) is 22.3. The third kappa shape index (κ3) is 17.8. The highest BCUT2D eigenvalue weighted by Gasteiger charge is 2.31. The number of ether oxygens (including phenoxy) is 2. The molecule has 0 aromatic heterocycles. The van der Waals surface area contributed by atoms with E-state index in [-0.39, 0.29) is 25.7 Å². The number of rotatable bonds is 21. The van der Waals surface area contributed by atoms with Crippen LogP contribution < -0.4 is 0 Å². The first-order valence-electron chi connectivity index (χ1n) is 14.2. The Balaban J connectivity index is 2.12. The molecule has 7 heteroatoms. The molecular formula is C28H52O7. The van der Waals surface area contributed by atoms with Crippen molar-refractivity contribution in [3.63, 3.8) is 0 Å². The van der Waals surface area contributed by atoms with Crippen LogP contribution in [0.4, 0.5) is 0 Å². The summed E-state index contributed by atoms with van der Waals surface area (Å²) >= 11 is 0. The van der Waals surface area contributed by atoms with E-state index in [1.807, 2.05) is 0 Å². The van der Waals surface area contributed by atoms with E-state index in [1.165, 1.54) is 77.6 Å². The first-order chi connectivity index (χ1) is 16.8. The van der Waals surface area contributed by atoms with Crippen LogP contribution >= 0.6 is 0 Å². The number of carbonyl (C=O) groups is 2. The van der Waals surface area contributed by atoms with E-state index in [1.54, 1.807) is 0 Å². The van der Waals surface area contributed by atoms with Crippen LogP contribution in [0.25, 0.3) is 0 Å². The molecule has 3 N–H and O–H groups in total. The molecule has 1 heterocycles. The van der Waals surface area contributed by atoms with Crippen molar-refractivity contribution in [2.75, 3.05) is 0 Å². The highest BCUT2D eigenvalue weighted by Crippen LogP contribution is 2.23. The third-order valence-corrected chi connectivity index (χ3v) is 6.81. The lowest BCUT2D eigenvalue weighted by molar-refractivity contribution is -0.164. The van der Waals surface area contributed by atoms with Gasteiger partial charge in [-0.2, -0.15) is 0 Å². The van der Waals surface area contributed by atoms with E-state index in [0.29, 0.717) is 12.8 Å². The smallest absolute Gasteiger partial charge is 0.308 e. The standard InChI is InChI=1S/C28H52O7/c1-3-4-5-6-7-8-9-10-11-12-13-14-15-16-23(30)17-24(31)18-26(34-22(2)29)21-27-19-25(32)20-28(33)35-27/h23-27,30-32H,3-21H2,1-2H3/t23-,24-,25-,26+,27-/m0/s1. The lowest BCUT2D eigenvalue weighted by Gasteiger charge is -2.29. The predicted octanol–water partition coefficient (Wildman–Crippen LogP) is 5.36. The molecule has 206 valence electrons. The quantitative estimate of drug-likeness (QED) is 0.144. The molecule has 35 heavy (non-hydrogen) atoms. The maximum absolute atomic E-state index is 11.5. The number of hydrogen-bond acceptors (Lipinski definition) is 7. The maximum Gasteiger partial charge on any atom is 0.308 e. The van der Waals surface area contributed by atoms with Gasteiger partial charge in [0, 0.05) is 26.2 Å². The Labute approximate surface area is 213 Å². The van der Waals surface area contributed by atoms with Crippen LogP contribution in [-0.2, 0) is 19.1 Å². The molecule has 1 rings (SSSR count). The van der Waals surface area contributed by atoms with Gasteiger partial charge in [-0.05, 0) is 12.8 Å². The molecule has 0 bridgehead atoms. The van der Waals surface area contributed by atoms with Crippen molar-refractivity contribution in [1.29, 1.82) is 0 Å². The van der Waals surface area contributed by atoms with Gasteiger partial charge >= 0.3 is 11.9 Å². The minimum Gasteiger partial charge on any atom is -0.462 e. The van der Waals surface area contributed by atoms with Crippen LogP contribution in [-0.4, -0.2) is 57.8 Å². The maximum atomic E-state index is 11.5. The van der Waals surface area contributed by atoms with Gasteiger partial charge in [0.2, 0.25) is 0 Å². The molecule has 0 spiro atoms. The number of aliphatic hydroxyl groups excluding tert-OH is 3. The number of esters is 2. The van der Waals surface area contributed by atoms with E-state index < -0.39 is 42.5 Å². The Hall–Kier alpha value is -1.18. The van der Waals surface area contributed by atoms with Gasteiger partial charge in [0.05, 0.1) is 24.7 Å². The Kier molecular flexibility index (Phi) is 18.1. The van der Waals surface area contributed by atoms with Crippen LogP contribution in [0, 0.1) is 0 Å². The molecule has 0 saturated carbocycles. The Morgan fingerprint density at radius 1 is 0.914 bits per heavy atom. The summed E-state index contributed by atoms with van der Waals surface area (Å²) in [7, 11) is 0. The largest absolute Gasteiger partial charge is 0.462 e. The molecule has 1 fully saturated rings. The van der Waals surface area contributed by atoms with Gasteiger partial charge in [-0.15, -0.1) is 0 Å². The zero-order chi connectivity index (χ0) is 25.9. The highest BCUT2D eigenvalue weighted by atomic mass is 16.6. The van der Waals surface area contributed by atoms with Crippen LogP contribution in [0.15, 0.2) is 0 Å². The normalized spacial score (nSPS) is 20.8. The fraction of sp³-hybridized carbons (Fsp3) is 0.929. The average Bonchev–Trinajstić information content (AvgIpc) is 2.75. The third-order valence-electron chi connectivity index (χ3n) is 6.81. The summed E-state index contributed by atoms with van der Waals surface area (Å²) in [6.45, 7) is 3.55. The molecule has 1 aliphatic heterocycles. The van der Waals surface area contributed by atoms with E-state index >= 15 is 0 Å². The summed E-state index contributed by atoms with van der Waals surface area (Å²) in [5.41, 5.74) is 0. The van der Waals surface area contributed by atoms with Gasteiger partial charge in [0.1, 0.15) is 12.2 Å². The van der Waals surface area contributed by atoms with Crippen molar-refractivity contribution >= 4 is 11.9 Å². The molecule has 0 amide bonds. The second-order valence-electron chi connectivity index (χ2n) is 10.5. The second kappa shape index (κ2) is 19.9. The highest BCUT2D eigenvalue weighted by molar-refractivity contribution is 5.71. The Morgan fingerprint density at radius 2 is 1.46 bits per heavy atom. The molecule has 0 unspecified atom stereocenters. The molecule has 1 aliphatic rings. The summed E-state index contributed by atoms with van der Waals surface area (Å²) in [5.74, 6) is -0.943. The van der Waals surface area contributed by atoms with Crippen LogP contribution in [0.2, 0.25) is 0 Å². The summed E-state index contributed by atoms with van der Waals surface area (Å²) in [4.78, 5) is 23.0. The topological polar surface area (TPSA) is 113 Å². The molecular weight excluding hydrogens is 448 g/mol. The van der Waals surface area contributed by atoms with Crippen LogP contribution in [0.3, 0.4) is 0 Å².